The topological polar surface area (TPSA) is 68.5 Å². The lowest BCUT2D eigenvalue weighted by Gasteiger charge is -2.10. The van der Waals surface area contributed by atoms with Crippen LogP contribution in [0.3, 0.4) is 0 Å². The molecule has 2 aromatic carbocycles. The van der Waals surface area contributed by atoms with Crippen LogP contribution < -0.4 is 15.5 Å². The van der Waals surface area contributed by atoms with Crippen LogP contribution in [0, 0.1) is 18.6 Å². The highest BCUT2D eigenvalue weighted by molar-refractivity contribution is 5.94. The van der Waals surface area contributed by atoms with E-state index >= 15 is 0 Å². The van der Waals surface area contributed by atoms with Gasteiger partial charge in [-0.2, -0.15) is 0 Å². The Morgan fingerprint density at radius 2 is 1.89 bits per heavy atom. The Kier molecular flexibility index (Phi) is 5.84. The molecule has 0 unspecified atom stereocenters. The van der Waals surface area contributed by atoms with Gasteiger partial charge in [-0.3, -0.25) is 9.59 Å². The highest BCUT2D eigenvalue weighted by Gasteiger charge is 2.18. The fourth-order valence-corrected chi connectivity index (χ4v) is 2.53. The number of nitrogens with one attached hydrogen (secondary N) is 1. The van der Waals surface area contributed by atoms with Gasteiger partial charge in [0.1, 0.15) is 35.8 Å². The average Bonchev–Trinajstić information content (AvgIpc) is 2.68. The number of rotatable bonds is 6. The fraction of sp³-hybridized carbons (Fsp3) is 0.143. The predicted molar refractivity (Wildman–Crippen MR) is 98.0 cm³/mol. The molecule has 0 saturated carbocycles. The first-order valence-corrected chi connectivity index (χ1v) is 8.47. The lowest BCUT2D eigenvalue weighted by atomic mass is 10.2. The maximum atomic E-state index is 13.7. The number of halogens is 2. The second-order valence-corrected chi connectivity index (χ2v) is 6.06. The van der Waals surface area contributed by atoms with E-state index in [0.29, 0.717) is 0 Å². The second-order valence-electron chi connectivity index (χ2n) is 6.06. The number of ether oxygens (including phenoxy) is 1. The molecule has 0 spiro atoms. The lowest BCUT2D eigenvalue weighted by Crippen LogP contribution is -2.29. The number of amides is 1. The predicted octanol–water partition coefficient (Wildman–Crippen LogP) is 3.74. The number of hydrogen-bond donors (Lipinski definition) is 1. The van der Waals surface area contributed by atoms with Crippen molar-refractivity contribution in [1.82, 2.24) is 5.32 Å². The highest BCUT2D eigenvalue weighted by Crippen LogP contribution is 2.16. The standard InChI is InChI=1S/C21H17F2NO4/c1-13-20(28-11-14-5-3-2-4-6-14)19(25)17(12-27-13)21(26)24-10-15-7-8-16(22)9-18(15)23/h2-9,12H,10-11H2,1H3,(H,24,26). The third kappa shape index (κ3) is 4.43. The van der Waals surface area contributed by atoms with Crippen molar-refractivity contribution in [3.63, 3.8) is 0 Å². The van der Waals surface area contributed by atoms with E-state index in [0.717, 1.165) is 24.0 Å². The monoisotopic (exact) mass is 385 g/mol. The van der Waals surface area contributed by atoms with E-state index < -0.39 is 23.0 Å². The number of carbonyl (C=O) groups excluding carboxylic acids is 1. The van der Waals surface area contributed by atoms with Crippen LogP contribution in [0.15, 0.2) is 64.0 Å². The van der Waals surface area contributed by atoms with Crippen LogP contribution in [0.4, 0.5) is 8.78 Å². The van der Waals surface area contributed by atoms with Crippen molar-refractivity contribution in [2.75, 3.05) is 0 Å². The molecule has 0 aliphatic heterocycles. The summed E-state index contributed by atoms with van der Waals surface area (Å²) in [6, 6.07) is 12.2. The van der Waals surface area contributed by atoms with Gasteiger partial charge in [0.25, 0.3) is 5.91 Å². The van der Waals surface area contributed by atoms with E-state index in [9.17, 15) is 18.4 Å². The molecule has 0 atom stereocenters. The van der Waals surface area contributed by atoms with Crippen LogP contribution in [0.2, 0.25) is 0 Å². The van der Waals surface area contributed by atoms with Crippen molar-refractivity contribution in [2.45, 2.75) is 20.1 Å². The molecule has 7 heteroatoms. The Hall–Kier alpha value is -3.48. The van der Waals surface area contributed by atoms with Gasteiger partial charge in [0.15, 0.2) is 0 Å². The van der Waals surface area contributed by atoms with Gasteiger partial charge in [-0.05, 0) is 18.6 Å². The molecule has 1 amide bonds. The minimum Gasteiger partial charge on any atom is -0.482 e. The summed E-state index contributed by atoms with van der Waals surface area (Å²) in [6.07, 6.45) is 1.03. The van der Waals surface area contributed by atoms with Crippen molar-refractivity contribution in [3.05, 3.63) is 99.1 Å². The molecule has 0 fully saturated rings. The van der Waals surface area contributed by atoms with Gasteiger partial charge in [0.2, 0.25) is 11.2 Å². The molecule has 3 rings (SSSR count). The first-order valence-electron chi connectivity index (χ1n) is 8.47. The highest BCUT2D eigenvalue weighted by atomic mass is 19.1. The third-order valence-corrected chi connectivity index (χ3v) is 4.05. The van der Waals surface area contributed by atoms with Gasteiger partial charge in [-0.15, -0.1) is 0 Å². The van der Waals surface area contributed by atoms with E-state index in [1.165, 1.54) is 6.07 Å². The molecule has 0 aliphatic carbocycles. The van der Waals surface area contributed by atoms with Crippen LogP contribution >= 0.6 is 0 Å². The molecule has 1 N–H and O–H groups in total. The summed E-state index contributed by atoms with van der Waals surface area (Å²) in [5.74, 6) is -2.08. The number of hydrogen-bond acceptors (Lipinski definition) is 4. The van der Waals surface area contributed by atoms with E-state index in [1.54, 1.807) is 6.92 Å². The average molecular weight is 385 g/mol. The molecule has 0 saturated heterocycles. The van der Waals surface area contributed by atoms with E-state index in [-0.39, 0.29) is 35.8 Å². The Bertz CT molecular complexity index is 1050. The molecule has 0 radical (unpaired) electrons. The molecular weight excluding hydrogens is 368 g/mol. The molecular formula is C21H17F2NO4. The van der Waals surface area contributed by atoms with E-state index in [2.05, 4.69) is 5.32 Å². The van der Waals surface area contributed by atoms with Crippen molar-refractivity contribution >= 4 is 5.91 Å². The first kappa shape index (κ1) is 19.3. The summed E-state index contributed by atoms with van der Waals surface area (Å²) >= 11 is 0. The molecule has 1 heterocycles. The molecule has 144 valence electrons. The summed E-state index contributed by atoms with van der Waals surface area (Å²) in [5, 5.41) is 2.42. The second kappa shape index (κ2) is 8.47. The van der Waals surface area contributed by atoms with Crippen molar-refractivity contribution in [1.29, 1.82) is 0 Å². The van der Waals surface area contributed by atoms with E-state index in [1.807, 2.05) is 30.3 Å². The molecule has 28 heavy (non-hydrogen) atoms. The largest absolute Gasteiger partial charge is 0.482 e. The molecule has 5 nitrogen and oxygen atoms in total. The van der Waals surface area contributed by atoms with E-state index in [4.69, 9.17) is 9.15 Å². The van der Waals surface area contributed by atoms with Gasteiger partial charge in [-0.1, -0.05) is 36.4 Å². The quantitative estimate of drug-likeness (QED) is 0.702. The number of aryl methyl sites for hydroxylation is 1. The lowest BCUT2D eigenvalue weighted by molar-refractivity contribution is 0.0946. The molecule has 3 aromatic rings. The SMILES string of the molecule is Cc1occ(C(=O)NCc2ccc(F)cc2F)c(=O)c1OCc1ccccc1. The van der Waals surface area contributed by atoms with Gasteiger partial charge in [0.05, 0.1) is 0 Å². The Balaban J connectivity index is 1.74. The zero-order chi connectivity index (χ0) is 20.1. The van der Waals surface area contributed by atoms with Crippen LogP contribution in [0.5, 0.6) is 5.75 Å². The summed E-state index contributed by atoms with van der Waals surface area (Å²) in [4.78, 5) is 24.9. The van der Waals surface area contributed by atoms with Crippen molar-refractivity contribution in [3.8, 4) is 5.75 Å². The normalized spacial score (nSPS) is 10.5. The summed E-state index contributed by atoms with van der Waals surface area (Å²) < 4.78 is 37.4. The molecule has 0 bridgehead atoms. The van der Waals surface area contributed by atoms with Crippen molar-refractivity contribution in [2.24, 2.45) is 0 Å². The fourth-order valence-electron chi connectivity index (χ4n) is 2.53. The van der Waals surface area contributed by atoms with Crippen LogP contribution in [-0.2, 0) is 13.2 Å². The van der Waals surface area contributed by atoms with Crippen molar-refractivity contribution < 1.29 is 22.7 Å². The minimum atomic E-state index is -0.789. The zero-order valence-corrected chi connectivity index (χ0v) is 15.0. The van der Waals surface area contributed by atoms with Gasteiger partial charge < -0.3 is 14.5 Å². The zero-order valence-electron chi connectivity index (χ0n) is 15.0. The number of benzene rings is 2. The first-order chi connectivity index (χ1) is 13.5. The Morgan fingerprint density at radius 3 is 2.61 bits per heavy atom. The number of carbonyl (C=O) groups is 1. The smallest absolute Gasteiger partial charge is 0.258 e. The third-order valence-electron chi connectivity index (χ3n) is 4.05. The Morgan fingerprint density at radius 1 is 1.14 bits per heavy atom. The van der Waals surface area contributed by atoms with Crippen LogP contribution in [-0.4, -0.2) is 5.91 Å². The van der Waals surface area contributed by atoms with Crippen LogP contribution in [0.1, 0.15) is 27.2 Å². The van der Waals surface area contributed by atoms with Gasteiger partial charge >= 0.3 is 0 Å². The molecule has 0 aliphatic rings. The maximum absolute atomic E-state index is 13.7. The summed E-state index contributed by atoms with van der Waals surface area (Å²) in [5.41, 5.74) is 0.0441. The Labute approximate surface area is 159 Å². The summed E-state index contributed by atoms with van der Waals surface area (Å²) in [7, 11) is 0. The van der Waals surface area contributed by atoms with Gasteiger partial charge in [0, 0.05) is 18.2 Å². The van der Waals surface area contributed by atoms with Crippen LogP contribution in [0.25, 0.3) is 0 Å². The van der Waals surface area contributed by atoms with Gasteiger partial charge in [-0.25, -0.2) is 8.78 Å². The summed E-state index contributed by atoms with van der Waals surface area (Å²) in [6.45, 7) is 1.48. The molecule has 1 aromatic heterocycles. The minimum absolute atomic E-state index is 0.0653. The maximum Gasteiger partial charge on any atom is 0.258 e.